The molecule has 1 aliphatic rings. The average Bonchev–Trinajstić information content (AvgIpc) is 2.91. The van der Waals surface area contributed by atoms with E-state index in [1.807, 2.05) is 48.5 Å². The summed E-state index contributed by atoms with van der Waals surface area (Å²) >= 11 is 0. The summed E-state index contributed by atoms with van der Waals surface area (Å²) in [7, 11) is 0. The Hall–Kier alpha value is -2.75. The summed E-state index contributed by atoms with van der Waals surface area (Å²) in [6, 6.07) is 19.1. The molecule has 0 saturated carbocycles. The van der Waals surface area contributed by atoms with Gasteiger partial charge in [-0.25, -0.2) is 0 Å². The number of cyclic esters (lactones) is 1. The second kappa shape index (κ2) is 7.21. The number of ketones is 1. The molecule has 0 N–H and O–H groups in total. The molecule has 2 aromatic rings. The van der Waals surface area contributed by atoms with E-state index in [-0.39, 0.29) is 5.78 Å². The molecule has 0 aliphatic carbocycles. The summed E-state index contributed by atoms with van der Waals surface area (Å²) in [6.45, 7) is 2.27. The van der Waals surface area contributed by atoms with Crippen molar-refractivity contribution < 1.29 is 14.3 Å². The van der Waals surface area contributed by atoms with Crippen LogP contribution < -0.4 is 0 Å². The summed E-state index contributed by atoms with van der Waals surface area (Å²) in [6.07, 6.45) is -0.0426. The van der Waals surface area contributed by atoms with Crippen LogP contribution in [-0.2, 0) is 20.7 Å². The van der Waals surface area contributed by atoms with Gasteiger partial charge in [-0.2, -0.15) is 0 Å². The third-order valence-corrected chi connectivity index (χ3v) is 4.14. The van der Waals surface area contributed by atoms with Crippen molar-refractivity contribution in [1.82, 2.24) is 0 Å². The first-order valence-electron chi connectivity index (χ1n) is 8.01. The number of ether oxygens (including phenoxy) is 1. The Morgan fingerprint density at radius 1 is 1.00 bits per heavy atom. The Balaban J connectivity index is 1.68. The zero-order chi connectivity index (χ0) is 16.9. The van der Waals surface area contributed by atoms with Gasteiger partial charge in [-0.15, -0.1) is 0 Å². The van der Waals surface area contributed by atoms with Gasteiger partial charge in [0.1, 0.15) is 0 Å². The number of rotatable bonds is 5. The van der Waals surface area contributed by atoms with Crippen LogP contribution in [0.4, 0.5) is 0 Å². The highest BCUT2D eigenvalue weighted by atomic mass is 16.6. The van der Waals surface area contributed by atoms with Gasteiger partial charge in [0.2, 0.25) is 0 Å². The smallest absolute Gasteiger partial charge is 0.323 e. The van der Waals surface area contributed by atoms with Crippen LogP contribution in [0, 0.1) is 5.92 Å². The van der Waals surface area contributed by atoms with Crippen molar-refractivity contribution in [2.75, 3.05) is 6.54 Å². The van der Waals surface area contributed by atoms with Crippen molar-refractivity contribution in [3.05, 3.63) is 71.8 Å². The molecule has 4 nitrogen and oxygen atoms in total. The molecule has 0 radical (unpaired) electrons. The molecular weight excluding hydrogens is 302 g/mol. The maximum absolute atomic E-state index is 12.6. The van der Waals surface area contributed by atoms with Crippen LogP contribution >= 0.6 is 0 Å². The Kier molecular flexibility index (Phi) is 4.85. The number of Topliss-reactive ketones (excluding diaryl/α,β-unsaturated/α-hetero) is 1. The summed E-state index contributed by atoms with van der Waals surface area (Å²) < 4.78 is 5.29. The predicted molar refractivity (Wildman–Crippen MR) is 91.9 cm³/mol. The summed E-state index contributed by atoms with van der Waals surface area (Å²) in [5.41, 5.74) is 2.41. The second-order valence-corrected chi connectivity index (χ2v) is 5.82. The van der Waals surface area contributed by atoms with Crippen molar-refractivity contribution in [2.24, 2.45) is 10.9 Å². The third-order valence-electron chi connectivity index (χ3n) is 4.14. The average molecular weight is 321 g/mol. The minimum atomic E-state index is -0.883. The van der Waals surface area contributed by atoms with E-state index < -0.39 is 18.0 Å². The van der Waals surface area contributed by atoms with E-state index in [4.69, 9.17) is 4.74 Å². The fraction of sp³-hybridized carbons (Fsp3) is 0.250. The molecule has 1 aliphatic heterocycles. The highest BCUT2D eigenvalue weighted by Crippen LogP contribution is 2.30. The normalized spacial score (nSPS) is 21.0. The van der Waals surface area contributed by atoms with Crippen molar-refractivity contribution in [3.8, 4) is 0 Å². The summed E-state index contributed by atoms with van der Waals surface area (Å²) in [5.74, 6) is -1.62. The number of benzene rings is 2. The van der Waals surface area contributed by atoms with Gasteiger partial charge in [0, 0.05) is 17.8 Å². The number of carbonyl (C=O) groups is 2. The number of nitrogens with zero attached hydrogens (tertiary/aromatic N) is 1. The van der Waals surface area contributed by atoms with Gasteiger partial charge in [0.15, 0.2) is 17.8 Å². The molecule has 4 heteroatoms. The van der Waals surface area contributed by atoms with Crippen LogP contribution in [0.15, 0.2) is 65.7 Å². The number of aliphatic imine (C=N–C) groups is 1. The Bertz CT molecular complexity index is 753. The Labute approximate surface area is 141 Å². The molecule has 122 valence electrons. The quantitative estimate of drug-likeness (QED) is 0.483. The van der Waals surface area contributed by atoms with E-state index in [0.29, 0.717) is 17.8 Å². The van der Waals surface area contributed by atoms with Crippen LogP contribution in [0.2, 0.25) is 0 Å². The minimum absolute atomic E-state index is 0.229. The molecule has 0 spiro atoms. The molecule has 1 saturated heterocycles. The maximum atomic E-state index is 12.6. The van der Waals surface area contributed by atoms with E-state index in [2.05, 4.69) is 4.99 Å². The minimum Gasteiger partial charge on any atom is -0.449 e. The Morgan fingerprint density at radius 2 is 1.62 bits per heavy atom. The molecule has 1 heterocycles. The largest absolute Gasteiger partial charge is 0.449 e. The molecule has 2 atom stereocenters. The molecule has 0 aromatic heterocycles. The van der Waals surface area contributed by atoms with E-state index >= 15 is 0 Å². The van der Waals surface area contributed by atoms with Gasteiger partial charge in [-0.3, -0.25) is 14.6 Å². The highest BCUT2D eigenvalue weighted by molar-refractivity contribution is 6.22. The van der Waals surface area contributed by atoms with Crippen LogP contribution in [0.25, 0.3) is 0 Å². The molecule has 0 bridgehead atoms. The van der Waals surface area contributed by atoms with Crippen molar-refractivity contribution >= 4 is 17.5 Å². The van der Waals surface area contributed by atoms with Crippen LogP contribution in [-0.4, -0.2) is 24.0 Å². The lowest BCUT2D eigenvalue weighted by molar-refractivity contribution is -0.143. The lowest BCUT2D eigenvalue weighted by Crippen LogP contribution is -2.24. The topological polar surface area (TPSA) is 55.7 Å². The molecular formula is C20H19NO3. The van der Waals surface area contributed by atoms with Crippen molar-refractivity contribution in [2.45, 2.75) is 19.4 Å². The van der Waals surface area contributed by atoms with Gasteiger partial charge in [0.25, 0.3) is 0 Å². The molecule has 1 unspecified atom stereocenters. The molecule has 0 amide bonds. The van der Waals surface area contributed by atoms with E-state index in [0.717, 1.165) is 6.42 Å². The molecule has 2 aromatic carbocycles. The standard InChI is InChI=1S/C20H19NO3/c1-14(21-13-12-15-8-4-2-5-9-15)17-18(22)19(24-20(17)23)16-10-6-3-7-11-16/h2-11,17,19H,12-13H2,1H3/t17?,19-/m1/s1. The summed E-state index contributed by atoms with van der Waals surface area (Å²) in [4.78, 5) is 29.1. The van der Waals surface area contributed by atoms with Crippen molar-refractivity contribution in [1.29, 1.82) is 0 Å². The Morgan fingerprint density at radius 3 is 2.29 bits per heavy atom. The van der Waals surface area contributed by atoms with Gasteiger partial charge in [0.05, 0.1) is 0 Å². The highest BCUT2D eigenvalue weighted by Gasteiger charge is 2.45. The van der Waals surface area contributed by atoms with Gasteiger partial charge in [-0.05, 0) is 18.9 Å². The lowest BCUT2D eigenvalue weighted by Gasteiger charge is -2.07. The zero-order valence-electron chi connectivity index (χ0n) is 13.5. The predicted octanol–water partition coefficient (Wildman–Crippen LogP) is 3.17. The number of carbonyl (C=O) groups excluding carboxylic acids is 2. The van der Waals surface area contributed by atoms with Crippen LogP contribution in [0.3, 0.4) is 0 Å². The maximum Gasteiger partial charge on any atom is 0.323 e. The fourth-order valence-electron chi connectivity index (χ4n) is 2.84. The van der Waals surface area contributed by atoms with Crippen LogP contribution in [0.5, 0.6) is 0 Å². The van der Waals surface area contributed by atoms with E-state index in [1.165, 1.54) is 5.56 Å². The second-order valence-electron chi connectivity index (χ2n) is 5.82. The number of hydrogen-bond acceptors (Lipinski definition) is 4. The van der Waals surface area contributed by atoms with E-state index in [1.54, 1.807) is 19.1 Å². The molecule has 24 heavy (non-hydrogen) atoms. The molecule has 3 rings (SSSR count). The fourth-order valence-corrected chi connectivity index (χ4v) is 2.84. The van der Waals surface area contributed by atoms with Gasteiger partial charge < -0.3 is 4.74 Å². The first kappa shape index (κ1) is 16.1. The first-order chi connectivity index (χ1) is 11.7. The van der Waals surface area contributed by atoms with Crippen LogP contribution in [0.1, 0.15) is 24.2 Å². The van der Waals surface area contributed by atoms with Gasteiger partial charge in [-0.1, -0.05) is 60.7 Å². The number of hydrogen-bond donors (Lipinski definition) is 0. The number of esters is 1. The lowest BCUT2D eigenvalue weighted by atomic mass is 9.95. The van der Waals surface area contributed by atoms with Gasteiger partial charge >= 0.3 is 5.97 Å². The summed E-state index contributed by atoms with van der Waals surface area (Å²) in [5, 5.41) is 0. The SMILES string of the molecule is CC(=NCCc1ccccc1)C1C(=O)O[C@H](c2ccccc2)C1=O. The monoisotopic (exact) mass is 321 g/mol. The third kappa shape index (κ3) is 3.43. The first-order valence-corrected chi connectivity index (χ1v) is 8.01. The van der Waals surface area contributed by atoms with Crippen molar-refractivity contribution in [3.63, 3.8) is 0 Å². The zero-order valence-corrected chi connectivity index (χ0v) is 13.5. The van der Waals surface area contributed by atoms with E-state index in [9.17, 15) is 9.59 Å². The molecule has 1 fully saturated rings.